The van der Waals surface area contributed by atoms with Crippen molar-refractivity contribution in [3.63, 3.8) is 0 Å². The van der Waals surface area contributed by atoms with Gasteiger partial charge in [-0.05, 0) is 27.7 Å². The van der Waals surface area contributed by atoms with Gasteiger partial charge in [0.15, 0.2) is 0 Å². The van der Waals surface area contributed by atoms with Crippen LogP contribution in [0.25, 0.3) is 0 Å². The highest BCUT2D eigenvalue weighted by atomic mass is 32.1. The minimum absolute atomic E-state index is 0.165. The van der Waals surface area contributed by atoms with E-state index in [1.165, 1.54) is 0 Å². The van der Waals surface area contributed by atoms with Crippen LogP contribution in [0.15, 0.2) is 0 Å². The van der Waals surface area contributed by atoms with Crippen molar-refractivity contribution in [2.45, 2.75) is 39.3 Å². The predicted octanol–water partition coefficient (Wildman–Crippen LogP) is 1.37. The van der Waals surface area contributed by atoms with Crippen LogP contribution in [0, 0.1) is 0 Å². The first-order valence-electron chi connectivity index (χ1n) is 5.07. The summed E-state index contributed by atoms with van der Waals surface area (Å²) in [6.45, 7) is 7.19. The first kappa shape index (κ1) is 15.1. The largest absolute Gasteiger partial charge is 0.464 e. The van der Waals surface area contributed by atoms with Gasteiger partial charge in [-0.25, -0.2) is 9.59 Å². The fourth-order valence-corrected chi connectivity index (χ4v) is 1.11. The number of carbonyl (C=O) groups excluding carboxylic acids is 2. The fourth-order valence-electron chi connectivity index (χ4n) is 0.872. The Kier molecular flexibility index (Phi) is 6.25. The van der Waals surface area contributed by atoms with Crippen LogP contribution in [-0.2, 0) is 14.3 Å². The van der Waals surface area contributed by atoms with Crippen molar-refractivity contribution in [3.05, 3.63) is 0 Å². The van der Waals surface area contributed by atoms with Gasteiger partial charge >= 0.3 is 12.1 Å². The number of ether oxygens (including phenoxy) is 2. The molecule has 5 nitrogen and oxygen atoms in total. The van der Waals surface area contributed by atoms with Gasteiger partial charge in [-0.1, -0.05) is 0 Å². The summed E-state index contributed by atoms with van der Waals surface area (Å²) in [6.07, 6.45) is -0.653. The van der Waals surface area contributed by atoms with Crippen LogP contribution in [0.2, 0.25) is 0 Å². The Morgan fingerprint density at radius 3 is 2.31 bits per heavy atom. The number of alkyl carbamates (subject to hydrolysis) is 1. The van der Waals surface area contributed by atoms with Crippen molar-refractivity contribution in [2.75, 3.05) is 12.4 Å². The first-order valence-corrected chi connectivity index (χ1v) is 5.70. The van der Waals surface area contributed by atoms with Gasteiger partial charge in [0.05, 0.1) is 6.61 Å². The number of esters is 1. The molecule has 0 aliphatic carbocycles. The van der Waals surface area contributed by atoms with E-state index in [1.54, 1.807) is 27.7 Å². The molecule has 16 heavy (non-hydrogen) atoms. The molecule has 0 aromatic rings. The van der Waals surface area contributed by atoms with E-state index in [1.807, 2.05) is 0 Å². The van der Waals surface area contributed by atoms with Crippen LogP contribution in [0.3, 0.4) is 0 Å². The van der Waals surface area contributed by atoms with Crippen molar-refractivity contribution < 1.29 is 19.1 Å². The Morgan fingerprint density at radius 1 is 1.38 bits per heavy atom. The maximum absolute atomic E-state index is 11.4. The average molecular weight is 249 g/mol. The molecule has 0 aromatic carbocycles. The van der Waals surface area contributed by atoms with Crippen molar-refractivity contribution in [1.82, 2.24) is 5.32 Å². The van der Waals surface area contributed by atoms with Crippen molar-refractivity contribution >= 4 is 24.7 Å². The molecule has 0 aliphatic heterocycles. The molecule has 1 amide bonds. The molecule has 1 atom stereocenters. The third-order valence-corrected chi connectivity index (χ3v) is 1.81. The third-order valence-electron chi connectivity index (χ3n) is 1.44. The molecule has 0 radical (unpaired) electrons. The van der Waals surface area contributed by atoms with E-state index in [4.69, 9.17) is 9.47 Å². The van der Waals surface area contributed by atoms with Gasteiger partial charge in [-0.15, -0.1) is 0 Å². The van der Waals surface area contributed by atoms with Crippen LogP contribution < -0.4 is 5.32 Å². The highest BCUT2D eigenvalue weighted by molar-refractivity contribution is 7.80. The Bertz CT molecular complexity index is 250. The Morgan fingerprint density at radius 2 is 1.94 bits per heavy atom. The minimum Gasteiger partial charge on any atom is -0.464 e. The molecule has 94 valence electrons. The predicted molar refractivity (Wildman–Crippen MR) is 63.6 cm³/mol. The van der Waals surface area contributed by atoms with Crippen LogP contribution in [-0.4, -0.2) is 36.1 Å². The maximum atomic E-state index is 11.4. The number of hydrogen-bond donors (Lipinski definition) is 2. The zero-order valence-corrected chi connectivity index (χ0v) is 11.0. The second kappa shape index (κ2) is 6.62. The number of nitrogens with one attached hydrogen (secondary N) is 1. The normalized spacial score (nSPS) is 12.8. The fraction of sp³-hybridized carbons (Fsp3) is 0.800. The molecule has 0 aromatic heterocycles. The lowest BCUT2D eigenvalue weighted by Crippen LogP contribution is -2.45. The molecule has 0 rings (SSSR count). The highest BCUT2D eigenvalue weighted by Gasteiger charge is 2.23. The average Bonchev–Trinajstić information content (AvgIpc) is 2.11. The van der Waals surface area contributed by atoms with E-state index in [2.05, 4.69) is 17.9 Å². The summed E-state index contributed by atoms with van der Waals surface area (Å²) < 4.78 is 9.77. The third kappa shape index (κ3) is 6.55. The molecule has 0 aliphatic rings. The first-order chi connectivity index (χ1) is 7.30. The number of rotatable bonds is 4. The Hall–Kier alpha value is -0.910. The molecular weight excluding hydrogens is 230 g/mol. The summed E-state index contributed by atoms with van der Waals surface area (Å²) >= 11 is 3.96. The maximum Gasteiger partial charge on any atom is 0.408 e. The van der Waals surface area contributed by atoms with Crippen molar-refractivity contribution in [3.8, 4) is 0 Å². The molecule has 0 bridgehead atoms. The monoisotopic (exact) mass is 249 g/mol. The highest BCUT2D eigenvalue weighted by Crippen LogP contribution is 2.07. The van der Waals surface area contributed by atoms with E-state index in [0.29, 0.717) is 0 Å². The van der Waals surface area contributed by atoms with Gasteiger partial charge in [0.1, 0.15) is 11.6 Å². The second-order valence-corrected chi connectivity index (χ2v) is 4.50. The number of amides is 1. The zero-order valence-electron chi connectivity index (χ0n) is 10.1. The molecular formula is C10H19NO4S. The lowest BCUT2D eigenvalue weighted by Gasteiger charge is -2.22. The summed E-state index contributed by atoms with van der Waals surface area (Å²) in [7, 11) is 0. The van der Waals surface area contributed by atoms with Gasteiger partial charge in [0.25, 0.3) is 0 Å². The Labute approximate surface area is 101 Å². The summed E-state index contributed by atoms with van der Waals surface area (Å²) in [5.74, 6) is -0.346. The second-order valence-electron chi connectivity index (χ2n) is 4.13. The summed E-state index contributed by atoms with van der Waals surface area (Å²) in [5, 5.41) is 2.40. The van der Waals surface area contributed by atoms with Crippen LogP contribution in [0.5, 0.6) is 0 Å². The molecule has 1 N–H and O–H groups in total. The molecule has 0 fully saturated rings. The summed E-state index contributed by atoms with van der Waals surface area (Å²) in [5.41, 5.74) is -0.597. The Balaban J connectivity index is 4.22. The smallest absolute Gasteiger partial charge is 0.408 e. The molecule has 0 unspecified atom stereocenters. The molecule has 0 saturated carbocycles. The number of hydrogen-bond acceptors (Lipinski definition) is 5. The zero-order chi connectivity index (χ0) is 12.8. The van der Waals surface area contributed by atoms with Gasteiger partial charge in [0.2, 0.25) is 0 Å². The van der Waals surface area contributed by atoms with Crippen LogP contribution in [0.4, 0.5) is 4.79 Å². The van der Waals surface area contributed by atoms with Gasteiger partial charge < -0.3 is 14.8 Å². The number of thiol groups is 1. The number of carbonyl (C=O) groups is 2. The SMILES string of the molecule is CCOC(=O)[C@@H](CS)NC(=O)OC(C)(C)C. The minimum atomic E-state index is -0.780. The molecule has 6 heteroatoms. The van der Waals surface area contributed by atoms with Crippen molar-refractivity contribution in [1.29, 1.82) is 0 Å². The van der Waals surface area contributed by atoms with Crippen molar-refractivity contribution in [2.24, 2.45) is 0 Å². The summed E-state index contributed by atoms with van der Waals surface area (Å²) in [6, 6.07) is -0.780. The van der Waals surface area contributed by atoms with Gasteiger partial charge in [-0.2, -0.15) is 12.6 Å². The topological polar surface area (TPSA) is 64.6 Å². The van der Waals surface area contributed by atoms with Gasteiger partial charge in [-0.3, -0.25) is 0 Å². The van der Waals surface area contributed by atoms with E-state index in [-0.39, 0.29) is 12.4 Å². The van der Waals surface area contributed by atoms with Crippen LogP contribution in [0.1, 0.15) is 27.7 Å². The van der Waals surface area contributed by atoms with Crippen LogP contribution >= 0.6 is 12.6 Å². The molecule has 0 heterocycles. The summed E-state index contributed by atoms with van der Waals surface area (Å²) in [4.78, 5) is 22.7. The molecule has 0 spiro atoms. The van der Waals surface area contributed by atoms with E-state index in [9.17, 15) is 9.59 Å². The van der Waals surface area contributed by atoms with Gasteiger partial charge in [0, 0.05) is 5.75 Å². The quantitative estimate of drug-likeness (QED) is 0.583. The lowest BCUT2D eigenvalue weighted by molar-refractivity contribution is -0.144. The van der Waals surface area contributed by atoms with E-state index < -0.39 is 23.7 Å². The molecule has 0 saturated heterocycles. The van der Waals surface area contributed by atoms with E-state index in [0.717, 1.165) is 0 Å². The standard InChI is InChI=1S/C10H19NO4S/c1-5-14-8(12)7(6-16)11-9(13)15-10(2,3)4/h7,16H,5-6H2,1-4H3,(H,11,13)/t7-/m1/s1. The van der Waals surface area contributed by atoms with E-state index >= 15 is 0 Å². The lowest BCUT2D eigenvalue weighted by atomic mass is 10.2.